The summed E-state index contributed by atoms with van der Waals surface area (Å²) < 4.78 is 0. The molecule has 1 unspecified atom stereocenters. The number of anilines is 1. The third-order valence-electron chi connectivity index (χ3n) is 2.16. The minimum Gasteiger partial charge on any atom is -0.292 e. The van der Waals surface area contributed by atoms with Crippen molar-refractivity contribution in [2.45, 2.75) is 20.3 Å². The summed E-state index contributed by atoms with van der Waals surface area (Å²) in [6, 6.07) is 1.96. The quantitative estimate of drug-likeness (QED) is 0.786. The van der Waals surface area contributed by atoms with Crippen LogP contribution in [0, 0.1) is 16.7 Å². The van der Waals surface area contributed by atoms with E-state index in [0.29, 0.717) is 6.42 Å². The van der Waals surface area contributed by atoms with Crippen molar-refractivity contribution in [3.05, 3.63) is 12.4 Å². The molecule has 0 saturated carbocycles. The Bertz CT molecular complexity index is 385. The van der Waals surface area contributed by atoms with E-state index < -0.39 is 11.3 Å². The van der Waals surface area contributed by atoms with E-state index in [0.717, 1.165) is 0 Å². The Kier molecular flexibility index (Phi) is 3.29. The number of aromatic nitrogens is 3. The molecule has 6 heteroatoms. The predicted octanol–water partition coefficient (Wildman–Crippen LogP) is 0.750. The fraction of sp³-hybridized carbons (Fsp3) is 0.444. The zero-order valence-corrected chi connectivity index (χ0v) is 8.56. The molecule has 1 aromatic heterocycles. The van der Waals surface area contributed by atoms with Crippen molar-refractivity contribution in [2.24, 2.45) is 5.41 Å². The summed E-state index contributed by atoms with van der Waals surface area (Å²) in [7, 11) is 0. The topological polar surface area (TPSA) is 91.6 Å². The van der Waals surface area contributed by atoms with Gasteiger partial charge < -0.3 is 0 Å². The summed E-state index contributed by atoms with van der Waals surface area (Å²) in [6.45, 7) is 3.34. The lowest BCUT2D eigenvalue weighted by molar-refractivity contribution is -0.122. The van der Waals surface area contributed by atoms with Crippen molar-refractivity contribution in [1.29, 1.82) is 5.26 Å². The van der Waals surface area contributed by atoms with Gasteiger partial charge in [0.2, 0.25) is 11.9 Å². The van der Waals surface area contributed by atoms with Gasteiger partial charge in [0.15, 0.2) is 0 Å². The van der Waals surface area contributed by atoms with E-state index in [4.69, 9.17) is 5.26 Å². The van der Waals surface area contributed by atoms with Gasteiger partial charge in [-0.2, -0.15) is 10.4 Å². The van der Waals surface area contributed by atoms with Crippen LogP contribution in [0.3, 0.4) is 0 Å². The van der Waals surface area contributed by atoms with Gasteiger partial charge in [0, 0.05) is 0 Å². The highest BCUT2D eigenvalue weighted by molar-refractivity contribution is 5.95. The summed E-state index contributed by atoms with van der Waals surface area (Å²) in [5.74, 6) is -0.307. The van der Waals surface area contributed by atoms with Gasteiger partial charge in [-0.3, -0.25) is 10.1 Å². The molecule has 78 valence electrons. The first kappa shape index (κ1) is 11.0. The molecule has 0 aliphatic heterocycles. The van der Waals surface area contributed by atoms with E-state index >= 15 is 0 Å². The molecule has 0 aromatic carbocycles. The smallest absolute Gasteiger partial charge is 0.249 e. The van der Waals surface area contributed by atoms with Crippen molar-refractivity contribution >= 4 is 11.9 Å². The van der Waals surface area contributed by atoms with Gasteiger partial charge >= 0.3 is 0 Å². The molecular weight excluding hydrogens is 194 g/mol. The van der Waals surface area contributed by atoms with Gasteiger partial charge in [-0.25, -0.2) is 4.98 Å². The lowest BCUT2D eigenvalue weighted by atomic mass is 9.88. The van der Waals surface area contributed by atoms with Crippen LogP contribution in [0.5, 0.6) is 0 Å². The van der Waals surface area contributed by atoms with Crippen molar-refractivity contribution in [1.82, 2.24) is 15.2 Å². The summed E-state index contributed by atoms with van der Waals surface area (Å²) in [6.07, 6.45) is 3.24. The monoisotopic (exact) mass is 205 g/mol. The third-order valence-corrected chi connectivity index (χ3v) is 2.16. The number of carbonyl (C=O) groups is 1. The Balaban J connectivity index is 2.77. The number of hydrogen-bond acceptors (Lipinski definition) is 5. The molecule has 1 rings (SSSR count). The van der Waals surface area contributed by atoms with Gasteiger partial charge in [0.05, 0.1) is 18.5 Å². The number of nitrogens with zero attached hydrogens (tertiary/aromatic N) is 4. The van der Waals surface area contributed by atoms with Crippen LogP contribution in [-0.2, 0) is 4.79 Å². The molecule has 0 aliphatic rings. The Morgan fingerprint density at radius 3 is 2.87 bits per heavy atom. The van der Waals surface area contributed by atoms with E-state index in [-0.39, 0.29) is 5.95 Å². The third kappa shape index (κ3) is 2.47. The van der Waals surface area contributed by atoms with E-state index in [1.165, 1.54) is 12.4 Å². The van der Waals surface area contributed by atoms with Gasteiger partial charge in [-0.1, -0.05) is 6.92 Å². The van der Waals surface area contributed by atoms with Gasteiger partial charge in [0.1, 0.15) is 5.41 Å². The first-order valence-corrected chi connectivity index (χ1v) is 4.49. The van der Waals surface area contributed by atoms with E-state index in [2.05, 4.69) is 20.5 Å². The van der Waals surface area contributed by atoms with Crippen LogP contribution in [0.25, 0.3) is 0 Å². The summed E-state index contributed by atoms with van der Waals surface area (Å²) in [5, 5.41) is 18.5. The van der Waals surface area contributed by atoms with Crippen LogP contribution in [0.4, 0.5) is 5.95 Å². The lowest BCUT2D eigenvalue weighted by Gasteiger charge is -2.17. The second-order valence-corrected chi connectivity index (χ2v) is 3.22. The number of nitrogens with one attached hydrogen (secondary N) is 1. The molecular formula is C9H11N5O. The average Bonchev–Trinajstić information content (AvgIpc) is 2.29. The maximum Gasteiger partial charge on any atom is 0.249 e. The summed E-state index contributed by atoms with van der Waals surface area (Å²) in [5.41, 5.74) is -1.06. The maximum absolute atomic E-state index is 11.7. The van der Waals surface area contributed by atoms with E-state index in [9.17, 15) is 4.79 Å². The highest BCUT2D eigenvalue weighted by Crippen LogP contribution is 2.20. The first-order chi connectivity index (χ1) is 7.12. The molecule has 0 bridgehead atoms. The maximum atomic E-state index is 11.7. The molecule has 1 amide bonds. The van der Waals surface area contributed by atoms with Crippen LogP contribution < -0.4 is 5.32 Å². The first-order valence-electron chi connectivity index (χ1n) is 4.49. The number of rotatable bonds is 3. The van der Waals surface area contributed by atoms with Crippen LogP contribution in [0.1, 0.15) is 20.3 Å². The number of hydrogen-bond donors (Lipinski definition) is 1. The van der Waals surface area contributed by atoms with E-state index in [1.807, 2.05) is 6.07 Å². The minimum absolute atomic E-state index is 0.109. The van der Waals surface area contributed by atoms with Crippen LogP contribution in [0.15, 0.2) is 12.4 Å². The second-order valence-electron chi connectivity index (χ2n) is 3.22. The molecule has 15 heavy (non-hydrogen) atoms. The van der Waals surface area contributed by atoms with Gasteiger partial charge in [-0.15, -0.1) is 5.10 Å². The van der Waals surface area contributed by atoms with E-state index in [1.54, 1.807) is 13.8 Å². The molecule has 6 nitrogen and oxygen atoms in total. The SMILES string of the molecule is CCC(C)(C#N)C(=O)Nc1nccnn1. The molecule has 1 N–H and O–H groups in total. The van der Waals surface area contributed by atoms with Crippen molar-refractivity contribution in [3.63, 3.8) is 0 Å². The zero-order valence-electron chi connectivity index (χ0n) is 8.56. The predicted molar refractivity (Wildman–Crippen MR) is 52.5 cm³/mol. The molecule has 0 aliphatic carbocycles. The molecule has 1 heterocycles. The fourth-order valence-corrected chi connectivity index (χ4v) is 0.835. The second kappa shape index (κ2) is 4.46. The Morgan fingerprint density at radius 2 is 2.40 bits per heavy atom. The number of carbonyl (C=O) groups excluding carboxylic acids is 1. The standard InChI is InChI=1S/C9H11N5O/c1-3-9(2,6-10)7(15)13-8-11-4-5-12-14-8/h4-5H,3H2,1-2H3,(H,11,13,14,15). The summed E-state index contributed by atoms with van der Waals surface area (Å²) >= 11 is 0. The Hall–Kier alpha value is -2.03. The van der Waals surface area contributed by atoms with Gasteiger partial charge in [-0.05, 0) is 13.3 Å². The Labute approximate surface area is 87.4 Å². The highest BCUT2D eigenvalue weighted by atomic mass is 16.2. The molecule has 1 atom stereocenters. The molecule has 0 saturated heterocycles. The van der Waals surface area contributed by atoms with Gasteiger partial charge in [0.25, 0.3) is 0 Å². The summed E-state index contributed by atoms with van der Waals surface area (Å²) in [4.78, 5) is 15.4. The minimum atomic E-state index is -1.06. The van der Waals surface area contributed by atoms with Crippen molar-refractivity contribution in [2.75, 3.05) is 5.32 Å². The molecule has 0 spiro atoms. The zero-order chi connectivity index (χ0) is 11.3. The highest BCUT2D eigenvalue weighted by Gasteiger charge is 2.31. The number of amides is 1. The van der Waals surface area contributed by atoms with Crippen LogP contribution in [0.2, 0.25) is 0 Å². The normalized spacial score (nSPS) is 13.7. The average molecular weight is 205 g/mol. The number of nitriles is 1. The molecule has 1 aromatic rings. The lowest BCUT2D eigenvalue weighted by Crippen LogP contribution is -2.32. The molecule has 0 radical (unpaired) electrons. The fourth-order valence-electron chi connectivity index (χ4n) is 0.835. The molecule has 0 fully saturated rings. The Morgan fingerprint density at radius 1 is 1.67 bits per heavy atom. The van der Waals surface area contributed by atoms with Crippen molar-refractivity contribution in [3.8, 4) is 6.07 Å². The van der Waals surface area contributed by atoms with Crippen LogP contribution in [-0.4, -0.2) is 21.1 Å². The van der Waals surface area contributed by atoms with Crippen molar-refractivity contribution < 1.29 is 4.79 Å². The largest absolute Gasteiger partial charge is 0.292 e. The van der Waals surface area contributed by atoms with Crippen LogP contribution >= 0.6 is 0 Å².